The lowest BCUT2D eigenvalue weighted by Crippen LogP contribution is -2.18. The van der Waals surface area contributed by atoms with Gasteiger partial charge >= 0.3 is 0 Å². The fourth-order valence-corrected chi connectivity index (χ4v) is 14.7. The molecule has 0 radical (unpaired) electrons. The van der Waals surface area contributed by atoms with Crippen molar-refractivity contribution in [2.24, 2.45) is 0 Å². The summed E-state index contributed by atoms with van der Waals surface area (Å²) in [5, 5.41) is 0. The zero-order valence-electron chi connectivity index (χ0n) is 64.7. The quantitative estimate of drug-likeness (QED) is 0.166. The maximum absolute atomic E-state index is 14.0. The number of ether oxygens (including phenoxy) is 8. The van der Waals surface area contributed by atoms with E-state index in [0.29, 0.717) is 136 Å². The van der Waals surface area contributed by atoms with Crippen LogP contribution >= 0.6 is 0 Å². The standard InChI is InChI=1S/C106H74O12/c1-105(2)79-29-53-89(54-30-79)111-83-37-13-71(14-38-83)101(107)75-21-45-87(46-22-75)115-95-61-63-99(117-93-49-25-77(26-50-93)103(109)73-17-41-85(42-18-73)113-91-57-33-81(105)34-58-91)97(65-95)69-9-5-67(6-10-69)68-7-11-70(12-8-68)98-66-96-62-64-100(98)118-94-51-27-78(28-52-94)104(110)74-19-43-86(44-20-74)114-92-59-35-82(36-60-92)106(3,4)80-31-55-90(56-32-80)112-84-39-15-72(16-40-84)102(108)76-23-47-88(116-96)48-24-76/h5-66H,1-4H3. The zero-order chi connectivity index (χ0) is 80.4. The van der Waals surface area contributed by atoms with Gasteiger partial charge in [0.25, 0.3) is 0 Å². The summed E-state index contributed by atoms with van der Waals surface area (Å²) >= 11 is 0. The second-order valence-corrected chi connectivity index (χ2v) is 30.1. The van der Waals surface area contributed by atoms with Crippen LogP contribution in [0.4, 0.5) is 0 Å². The molecule has 0 spiro atoms. The van der Waals surface area contributed by atoms with Gasteiger partial charge in [0.15, 0.2) is 23.1 Å². The van der Waals surface area contributed by atoms with Crippen molar-refractivity contribution in [2.75, 3.05) is 0 Å². The number of benzene rings is 16. The number of fused-ring (bicyclic) bond motifs is 7. The monoisotopic (exact) mass is 1540 g/mol. The van der Waals surface area contributed by atoms with Gasteiger partial charge in [0, 0.05) is 66.5 Å². The fraction of sp³-hybridized carbons (Fsp3) is 0.0566. The van der Waals surface area contributed by atoms with Gasteiger partial charge in [-0.1, -0.05) is 125 Å². The molecule has 0 N–H and O–H groups in total. The first-order valence-corrected chi connectivity index (χ1v) is 38.8. The first kappa shape index (κ1) is 74.0. The van der Waals surface area contributed by atoms with Gasteiger partial charge in [0.05, 0.1) is 0 Å². The van der Waals surface area contributed by atoms with Crippen LogP contribution < -0.4 is 37.9 Å². The van der Waals surface area contributed by atoms with Crippen molar-refractivity contribution in [1.29, 1.82) is 0 Å². The Balaban J connectivity index is 0.623. The first-order chi connectivity index (χ1) is 57.5. The van der Waals surface area contributed by atoms with E-state index in [9.17, 15) is 19.2 Å². The van der Waals surface area contributed by atoms with Gasteiger partial charge in [-0.05, 0) is 324 Å². The first-order valence-electron chi connectivity index (χ1n) is 38.8. The van der Waals surface area contributed by atoms with Gasteiger partial charge in [-0.15, -0.1) is 0 Å². The molecule has 0 fully saturated rings. The molecule has 28 bridgehead atoms. The van der Waals surface area contributed by atoms with E-state index in [2.05, 4.69) is 100 Å². The van der Waals surface area contributed by atoms with Crippen molar-refractivity contribution in [2.45, 2.75) is 38.5 Å². The number of rotatable bonds is 3. The van der Waals surface area contributed by atoms with Gasteiger partial charge < -0.3 is 37.9 Å². The van der Waals surface area contributed by atoms with Crippen molar-refractivity contribution in [3.8, 4) is 125 Å². The van der Waals surface area contributed by atoms with Crippen molar-refractivity contribution in [1.82, 2.24) is 0 Å². The van der Waals surface area contributed by atoms with Crippen LogP contribution in [0.25, 0.3) is 33.4 Å². The molecule has 0 unspecified atom stereocenters. The molecule has 16 aromatic rings. The minimum absolute atomic E-state index is 0.151. The predicted octanol–water partition coefficient (Wildman–Crippen LogP) is 27.2. The predicted molar refractivity (Wildman–Crippen MR) is 459 cm³/mol. The molecule has 570 valence electrons. The highest BCUT2D eigenvalue weighted by molar-refractivity contribution is 6.11. The Hall–Kier alpha value is -15.4. The Kier molecular flexibility index (Phi) is 19.8. The maximum Gasteiger partial charge on any atom is 0.193 e. The average Bonchev–Trinajstić information content (AvgIpc) is 0.820. The molecule has 0 aliphatic carbocycles. The SMILES string of the molecule is CC1(C)c2ccc(cc2)Oc2ccc(cc2)C(=O)c2ccc(cc2)Oc2ccc(c(-c3ccc(-c4ccc(-c5cc6ccc5Oc5ccc(cc5)C(=O)c5ccc(cc5)Oc5ccc(cc5)C(C)(C)c5ccc(cc5)Oc5ccc(cc5)C(=O)c5ccc(cc5)O6)cc4)cc3)c2)Oc2ccc(cc2)C(=O)c2ccc(cc2)Oc2ccc1cc2. The number of hydrogen-bond acceptors (Lipinski definition) is 12. The van der Waals surface area contributed by atoms with E-state index in [-0.39, 0.29) is 34.0 Å². The van der Waals surface area contributed by atoms with E-state index in [1.807, 2.05) is 109 Å². The largest absolute Gasteiger partial charge is 0.457 e. The molecule has 12 heteroatoms. The molecule has 0 atom stereocenters. The summed E-state index contributed by atoms with van der Waals surface area (Å²) in [6.07, 6.45) is 0. The summed E-state index contributed by atoms with van der Waals surface area (Å²) in [5.74, 6) is 8.59. The molecule has 38 rings (SSSR count). The zero-order valence-corrected chi connectivity index (χ0v) is 64.7. The van der Waals surface area contributed by atoms with Crippen LogP contribution in [0.5, 0.6) is 92.0 Å². The van der Waals surface area contributed by atoms with E-state index in [0.717, 1.165) is 55.6 Å². The van der Waals surface area contributed by atoms with Crippen molar-refractivity contribution < 1.29 is 57.1 Å². The van der Waals surface area contributed by atoms with Crippen LogP contribution in [0.2, 0.25) is 0 Å². The molecule has 22 aliphatic heterocycles. The molecule has 0 saturated carbocycles. The molecule has 16 aromatic carbocycles. The second-order valence-electron chi connectivity index (χ2n) is 30.1. The number of ketones is 4. The number of carbonyl (C=O) groups is 4. The lowest BCUT2D eigenvalue weighted by atomic mass is 9.78. The van der Waals surface area contributed by atoms with Gasteiger partial charge in [0.2, 0.25) is 0 Å². The fourth-order valence-electron chi connectivity index (χ4n) is 14.7. The third-order valence-corrected chi connectivity index (χ3v) is 21.7. The molecule has 0 aromatic heterocycles. The highest BCUT2D eigenvalue weighted by atomic mass is 16.5. The summed E-state index contributed by atoms with van der Waals surface area (Å²) in [6.45, 7) is 8.70. The van der Waals surface area contributed by atoms with E-state index in [1.165, 1.54) is 0 Å². The van der Waals surface area contributed by atoms with Crippen molar-refractivity contribution in [3.05, 3.63) is 443 Å². The molecule has 0 saturated heterocycles. The average molecular weight is 1540 g/mol. The smallest absolute Gasteiger partial charge is 0.193 e. The van der Waals surface area contributed by atoms with E-state index < -0.39 is 0 Å². The van der Waals surface area contributed by atoms with Crippen LogP contribution in [0.1, 0.15) is 114 Å². The number of hydrogen-bond donors (Lipinski definition) is 0. The normalized spacial score (nSPS) is 13.5. The highest BCUT2D eigenvalue weighted by Crippen LogP contribution is 2.44. The minimum atomic E-state index is -0.336. The van der Waals surface area contributed by atoms with E-state index in [1.54, 1.807) is 194 Å². The lowest BCUT2D eigenvalue weighted by molar-refractivity contribution is 0.103. The maximum atomic E-state index is 14.0. The van der Waals surface area contributed by atoms with Gasteiger partial charge in [0.1, 0.15) is 92.0 Å². The lowest BCUT2D eigenvalue weighted by Gasteiger charge is -2.26. The molecule has 22 heterocycles. The van der Waals surface area contributed by atoms with Crippen LogP contribution in [0.3, 0.4) is 0 Å². The van der Waals surface area contributed by atoms with Crippen molar-refractivity contribution in [3.63, 3.8) is 0 Å². The van der Waals surface area contributed by atoms with Crippen molar-refractivity contribution >= 4 is 23.1 Å². The third kappa shape index (κ3) is 15.9. The second kappa shape index (κ2) is 31.5. The van der Waals surface area contributed by atoms with Crippen LogP contribution in [-0.2, 0) is 10.8 Å². The molecular formula is C106H74O12. The van der Waals surface area contributed by atoms with Gasteiger partial charge in [-0.2, -0.15) is 0 Å². The van der Waals surface area contributed by atoms with Crippen LogP contribution in [0, 0.1) is 0 Å². The summed E-state index contributed by atoms with van der Waals surface area (Å²) in [6, 6.07) is 116. The summed E-state index contributed by atoms with van der Waals surface area (Å²) < 4.78 is 51.5. The van der Waals surface area contributed by atoms with Gasteiger partial charge in [-0.3, -0.25) is 19.2 Å². The van der Waals surface area contributed by atoms with Crippen LogP contribution in [0.15, 0.2) is 376 Å². The molecule has 118 heavy (non-hydrogen) atoms. The number of carbonyl (C=O) groups excluding carboxylic acids is 4. The minimum Gasteiger partial charge on any atom is -0.457 e. The topological polar surface area (TPSA) is 142 Å². The van der Waals surface area contributed by atoms with Gasteiger partial charge in [-0.25, -0.2) is 0 Å². The Labute approximate surface area is 682 Å². The molecule has 12 nitrogen and oxygen atoms in total. The highest BCUT2D eigenvalue weighted by Gasteiger charge is 2.27. The van der Waals surface area contributed by atoms with E-state index in [4.69, 9.17) is 37.9 Å². The Morgan fingerprint density at radius 3 is 0.492 bits per heavy atom. The molecule has 22 aliphatic rings. The third-order valence-electron chi connectivity index (χ3n) is 21.7. The van der Waals surface area contributed by atoms with E-state index >= 15 is 0 Å². The Bertz CT molecular complexity index is 6010. The Morgan fingerprint density at radius 1 is 0.153 bits per heavy atom. The molecule has 0 amide bonds. The van der Waals surface area contributed by atoms with Crippen LogP contribution in [-0.4, -0.2) is 23.1 Å². The summed E-state index contributed by atoms with van der Waals surface area (Å²) in [7, 11) is 0. The summed E-state index contributed by atoms with van der Waals surface area (Å²) in [5.41, 5.74) is 12.7. The molecular weight excluding hydrogens is 1470 g/mol. The summed E-state index contributed by atoms with van der Waals surface area (Å²) in [4.78, 5) is 55.9. The Morgan fingerprint density at radius 2 is 0.297 bits per heavy atom.